The average molecular weight is 378 g/mol. The standard InChI is InChI=1S/C16H12ClF4NOS/c1-24-11-4-5-14(17)12(7-11)15(23)22-8-9-2-3-10(18)6-13(9)16(19,20)21/h2-7H,8H2,1H3,(H,22,23). The Bertz CT molecular complexity index is 764. The van der Waals surface area contributed by atoms with E-state index >= 15 is 0 Å². The summed E-state index contributed by atoms with van der Waals surface area (Å²) in [6, 6.07) is 7.14. The minimum atomic E-state index is -4.71. The molecule has 0 radical (unpaired) electrons. The Morgan fingerprint density at radius 1 is 1.21 bits per heavy atom. The van der Waals surface area contributed by atoms with Crippen LogP contribution in [-0.2, 0) is 12.7 Å². The molecule has 2 nitrogen and oxygen atoms in total. The van der Waals surface area contributed by atoms with E-state index in [0.29, 0.717) is 6.07 Å². The summed E-state index contributed by atoms with van der Waals surface area (Å²) in [4.78, 5) is 13.0. The van der Waals surface area contributed by atoms with Gasteiger partial charge in [0, 0.05) is 11.4 Å². The Morgan fingerprint density at radius 2 is 1.92 bits per heavy atom. The van der Waals surface area contributed by atoms with Gasteiger partial charge >= 0.3 is 6.18 Å². The number of hydrogen-bond acceptors (Lipinski definition) is 2. The molecule has 0 aliphatic heterocycles. The Morgan fingerprint density at radius 3 is 2.54 bits per heavy atom. The molecule has 0 aromatic heterocycles. The van der Waals surface area contributed by atoms with Crippen molar-refractivity contribution in [1.82, 2.24) is 5.32 Å². The lowest BCUT2D eigenvalue weighted by molar-refractivity contribution is -0.138. The van der Waals surface area contributed by atoms with Gasteiger partial charge in [0.1, 0.15) is 5.82 Å². The van der Waals surface area contributed by atoms with Crippen LogP contribution in [-0.4, -0.2) is 12.2 Å². The van der Waals surface area contributed by atoms with Crippen LogP contribution >= 0.6 is 23.4 Å². The van der Waals surface area contributed by atoms with E-state index in [2.05, 4.69) is 5.32 Å². The number of hydrogen-bond donors (Lipinski definition) is 1. The van der Waals surface area contributed by atoms with Gasteiger partial charge in [-0.25, -0.2) is 4.39 Å². The molecule has 0 saturated carbocycles. The molecule has 0 atom stereocenters. The van der Waals surface area contributed by atoms with E-state index in [1.54, 1.807) is 18.2 Å². The number of rotatable bonds is 4. The molecule has 2 aromatic carbocycles. The maximum atomic E-state index is 13.1. The third kappa shape index (κ3) is 4.42. The van der Waals surface area contributed by atoms with Crippen LogP contribution in [0.3, 0.4) is 0 Å². The van der Waals surface area contributed by atoms with Gasteiger partial charge in [-0.2, -0.15) is 13.2 Å². The van der Waals surface area contributed by atoms with Gasteiger partial charge in [0.25, 0.3) is 5.91 Å². The molecule has 8 heteroatoms. The summed E-state index contributed by atoms with van der Waals surface area (Å²) >= 11 is 7.36. The van der Waals surface area contributed by atoms with Crippen molar-refractivity contribution in [3.8, 4) is 0 Å². The van der Waals surface area contributed by atoms with Gasteiger partial charge in [-0.3, -0.25) is 4.79 Å². The quantitative estimate of drug-likeness (QED) is 0.589. The number of alkyl halides is 3. The number of carbonyl (C=O) groups excluding carboxylic acids is 1. The summed E-state index contributed by atoms with van der Waals surface area (Å²) in [7, 11) is 0. The molecule has 128 valence electrons. The van der Waals surface area contributed by atoms with E-state index in [1.165, 1.54) is 11.8 Å². The summed E-state index contributed by atoms with van der Waals surface area (Å²) in [6.45, 7) is -0.395. The molecule has 2 rings (SSSR count). The number of thioether (sulfide) groups is 1. The van der Waals surface area contributed by atoms with E-state index in [1.807, 2.05) is 6.26 Å². The highest BCUT2D eigenvalue weighted by atomic mass is 35.5. The van der Waals surface area contributed by atoms with E-state index < -0.39 is 30.0 Å². The van der Waals surface area contributed by atoms with Crippen LogP contribution in [0.25, 0.3) is 0 Å². The summed E-state index contributed by atoms with van der Waals surface area (Å²) in [5, 5.41) is 2.58. The largest absolute Gasteiger partial charge is 0.416 e. The van der Waals surface area contributed by atoms with Crippen LogP contribution < -0.4 is 5.32 Å². The van der Waals surface area contributed by atoms with Crippen molar-refractivity contribution >= 4 is 29.3 Å². The molecule has 0 spiro atoms. The molecule has 0 fully saturated rings. The first-order chi connectivity index (χ1) is 11.2. The highest BCUT2D eigenvalue weighted by molar-refractivity contribution is 7.98. The minimum absolute atomic E-state index is 0.166. The zero-order chi connectivity index (χ0) is 17.9. The number of carbonyl (C=O) groups is 1. The number of nitrogens with one attached hydrogen (secondary N) is 1. The zero-order valence-corrected chi connectivity index (χ0v) is 13.9. The van der Waals surface area contributed by atoms with Crippen molar-refractivity contribution in [3.63, 3.8) is 0 Å². The fraction of sp³-hybridized carbons (Fsp3) is 0.188. The highest BCUT2D eigenvalue weighted by Crippen LogP contribution is 2.32. The molecule has 0 bridgehead atoms. The van der Waals surface area contributed by atoms with Gasteiger partial charge in [0.2, 0.25) is 0 Å². The fourth-order valence-electron chi connectivity index (χ4n) is 2.04. The van der Waals surface area contributed by atoms with E-state index in [0.717, 1.165) is 17.0 Å². The Kier molecular flexibility index (Phi) is 5.77. The summed E-state index contributed by atoms with van der Waals surface area (Å²) in [5.74, 6) is -1.60. The van der Waals surface area contributed by atoms with E-state index in [9.17, 15) is 22.4 Å². The molecule has 0 aliphatic rings. The first kappa shape index (κ1) is 18.6. The second-order valence-electron chi connectivity index (χ2n) is 4.83. The van der Waals surface area contributed by atoms with Gasteiger partial charge in [-0.1, -0.05) is 17.7 Å². The second kappa shape index (κ2) is 7.44. The van der Waals surface area contributed by atoms with Crippen LogP contribution in [0, 0.1) is 5.82 Å². The molecule has 0 heterocycles. The van der Waals surface area contributed by atoms with Gasteiger partial charge in [-0.05, 0) is 42.2 Å². The first-order valence-corrected chi connectivity index (χ1v) is 8.30. The maximum absolute atomic E-state index is 13.1. The topological polar surface area (TPSA) is 29.1 Å². The Balaban J connectivity index is 2.21. The van der Waals surface area contributed by atoms with Crippen LogP contribution in [0.4, 0.5) is 17.6 Å². The van der Waals surface area contributed by atoms with Crippen molar-refractivity contribution in [3.05, 3.63) is 63.9 Å². The second-order valence-corrected chi connectivity index (χ2v) is 6.11. The molecule has 1 N–H and O–H groups in total. The highest BCUT2D eigenvalue weighted by Gasteiger charge is 2.33. The van der Waals surface area contributed by atoms with Gasteiger partial charge < -0.3 is 5.32 Å². The molecule has 1 amide bonds. The zero-order valence-electron chi connectivity index (χ0n) is 12.4. The Hall–Kier alpha value is -1.73. The van der Waals surface area contributed by atoms with Crippen molar-refractivity contribution < 1.29 is 22.4 Å². The minimum Gasteiger partial charge on any atom is -0.348 e. The summed E-state index contributed by atoms with van der Waals surface area (Å²) in [6.07, 6.45) is -2.89. The summed E-state index contributed by atoms with van der Waals surface area (Å²) < 4.78 is 51.9. The molecule has 0 unspecified atom stereocenters. The molecule has 24 heavy (non-hydrogen) atoms. The van der Waals surface area contributed by atoms with Crippen molar-refractivity contribution in [2.24, 2.45) is 0 Å². The molecule has 2 aromatic rings. The van der Waals surface area contributed by atoms with Crippen LogP contribution in [0.2, 0.25) is 5.02 Å². The normalized spacial score (nSPS) is 11.4. The lowest BCUT2D eigenvalue weighted by atomic mass is 10.1. The number of halogens is 5. The number of amides is 1. The third-order valence-corrected chi connectivity index (χ3v) is 4.29. The third-order valence-electron chi connectivity index (χ3n) is 3.23. The van der Waals surface area contributed by atoms with Gasteiger partial charge in [0.05, 0.1) is 16.1 Å². The Labute approximate surface area is 145 Å². The first-order valence-electron chi connectivity index (χ1n) is 6.69. The molecule has 0 aliphatic carbocycles. The van der Waals surface area contributed by atoms with E-state index in [-0.39, 0.29) is 16.1 Å². The molecular weight excluding hydrogens is 366 g/mol. The number of benzene rings is 2. The molecule has 0 saturated heterocycles. The predicted octanol–water partition coefficient (Wildman–Crippen LogP) is 5.15. The van der Waals surface area contributed by atoms with Crippen molar-refractivity contribution in [2.45, 2.75) is 17.6 Å². The average Bonchev–Trinajstić information content (AvgIpc) is 2.53. The van der Waals surface area contributed by atoms with Gasteiger partial charge in [-0.15, -0.1) is 11.8 Å². The van der Waals surface area contributed by atoms with Crippen LogP contribution in [0.1, 0.15) is 21.5 Å². The lowest BCUT2D eigenvalue weighted by Crippen LogP contribution is -2.25. The smallest absolute Gasteiger partial charge is 0.348 e. The van der Waals surface area contributed by atoms with Crippen LogP contribution in [0.5, 0.6) is 0 Å². The lowest BCUT2D eigenvalue weighted by Gasteiger charge is -2.14. The molecular formula is C16H12ClF4NOS. The summed E-state index contributed by atoms with van der Waals surface area (Å²) in [5.41, 5.74) is -1.18. The van der Waals surface area contributed by atoms with Gasteiger partial charge in [0.15, 0.2) is 0 Å². The van der Waals surface area contributed by atoms with Crippen LogP contribution in [0.15, 0.2) is 41.3 Å². The predicted molar refractivity (Wildman–Crippen MR) is 85.8 cm³/mol. The monoisotopic (exact) mass is 377 g/mol. The van der Waals surface area contributed by atoms with E-state index in [4.69, 9.17) is 11.6 Å². The van der Waals surface area contributed by atoms with Crippen molar-refractivity contribution in [2.75, 3.05) is 6.26 Å². The SMILES string of the molecule is CSc1ccc(Cl)c(C(=O)NCc2ccc(F)cc2C(F)(F)F)c1. The fourth-order valence-corrected chi connectivity index (χ4v) is 2.69. The maximum Gasteiger partial charge on any atom is 0.416 e. The van der Waals surface area contributed by atoms with Crippen molar-refractivity contribution in [1.29, 1.82) is 0 Å².